The van der Waals surface area contributed by atoms with Gasteiger partial charge in [-0.1, -0.05) is 0 Å². The summed E-state index contributed by atoms with van der Waals surface area (Å²) in [6.07, 6.45) is 0. The van der Waals surface area contributed by atoms with Crippen molar-refractivity contribution >= 4 is 24.6 Å². The Balaban J connectivity index is 0.00000264. The van der Waals surface area contributed by atoms with Gasteiger partial charge in [-0.2, -0.15) is 0 Å². The Labute approximate surface area is 145 Å². The van der Waals surface area contributed by atoms with Crippen molar-refractivity contribution in [1.29, 1.82) is 0 Å². The zero-order chi connectivity index (χ0) is 16.3. The number of nitrogens with one attached hydrogen (secondary N) is 1. The molecule has 23 heavy (non-hydrogen) atoms. The molecule has 0 fully saturated rings. The zero-order valence-electron chi connectivity index (χ0n) is 13.2. The van der Waals surface area contributed by atoms with E-state index in [0.717, 1.165) is 5.56 Å². The van der Waals surface area contributed by atoms with Gasteiger partial charge in [0.25, 0.3) is 5.56 Å². The van der Waals surface area contributed by atoms with Gasteiger partial charge in [-0.3, -0.25) is 9.78 Å². The molecule has 0 aliphatic carbocycles. The molecule has 2 rings (SSSR count). The van der Waals surface area contributed by atoms with Crippen molar-refractivity contribution in [2.45, 2.75) is 19.5 Å². The number of ether oxygens (including phenoxy) is 2. The van der Waals surface area contributed by atoms with Crippen LogP contribution in [0.15, 0.2) is 29.1 Å². The van der Waals surface area contributed by atoms with E-state index in [2.05, 4.69) is 4.98 Å². The molecular weight excluding hydrogens is 338 g/mol. The second-order valence-corrected chi connectivity index (χ2v) is 5.36. The van der Waals surface area contributed by atoms with Crippen molar-refractivity contribution in [3.8, 4) is 22.8 Å². The minimum atomic E-state index is -0.265. The molecule has 126 valence electrons. The first kappa shape index (κ1) is 19.2. The molecule has 0 spiro atoms. The van der Waals surface area contributed by atoms with Crippen LogP contribution in [0.2, 0.25) is 0 Å². The summed E-state index contributed by atoms with van der Waals surface area (Å²) in [7, 11) is 3.15. The molecule has 1 atom stereocenters. The molecule has 2 aromatic rings. The van der Waals surface area contributed by atoms with Gasteiger partial charge >= 0.3 is 0 Å². The largest absolute Gasteiger partial charge is 0.497 e. The molecule has 0 aliphatic heterocycles. The number of rotatable bonds is 5. The van der Waals surface area contributed by atoms with Gasteiger partial charge in [-0.05, 0) is 31.3 Å². The van der Waals surface area contributed by atoms with Gasteiger partial charge in [-0.15, -0.1) is 12.4 Å². The number of hydrogen-bond donors (Lipinski definition) is 2. The van der Waals surface area contributed by atoms with Crippen LogP contribution >= 0.6 is 24.6 Å². The van der Waals surface area contributed by atoms with E-state index in [1.165, 1.54) is 6.07 Å². The number of aromatic nitrogens is 2. The zero-order valence-corrected chi connectivity index (χ0v) is 14.8. The van der Waals surface area contributed by atoms with E-state index in [1.807, 2.05) is 13.0 Å². The molecule has 0 saturated carbocycles. The van der Waals surface area contributed by atoms with E-state index in [-0.39, 0.29) is 24.0 Å². The van der Waals surface area contributed by atoms with Gasteiger partial charge < -0.3 is 19.8 Å². The van der Waals surface area contributed by atoms with E-state index < -0.39 is 0 Å². The van der Waals surface area contributed by atoms with Crippen molar-refractivity contribution in [1.82, 2.24) is 9.55 Å². The average Bonchev–Trinajstić information content (AvgIpc) is 2.48. The smallest absolute Gasteiger partial charge is 0.252 e. The van der Waals surface area contributed by atoms with Crippen molar-refractivity contribution in [2.75, 3.05) is 14.2 Å². The number of hydrogen-bond acceptors (Lipinski definition) is 5. The van der Waals surface area contributed by atoms with E-state index in [4.69, 9.17) is 27.4 Å². The van der Waals surface area contributed by atoms with Gasteiger partial charge in [-0.25, -0.2) is 0 Å². The summed E-state index contributed by atoms with van der Waals surface area (Å²) in [5.41, 5.74) is 7.03. The Morgan fingerprint density at radius 1 is 1.30 bits per heavy atom. The predicted molar refractivity (Wildman–Crippen MR) is 95.3 cm³/mol. The maximum Gasteiger partial charge on any atom is 0.252 e. The third-order valence-electron chi connectivity index (χ3n) is 3.19. The summed E-state index contributed by atoms with van der Waals surface area (Å²) < 4.78 is 12.7. The van der Waals surface area contributed by atoms with Crippen LogP contribution < -0.4 is 20.8 Å². The Hall–Kier alpha value is -1.83. The fourth-order valence-electron chi connectivity index (χ4n) is 2.22. The van der Waals surface area contributed by atoms with Crippen LogP contribution in [0.25, 0.3) is 11.3 Å². The van der Waals surface area contributed by atoms with Crippen LogP contribution in [0.4, 0.5) is 0 Å². The molecule has 0 bridgehead atoms. The third kappa shape index (κ3) is 4.34. The third-order valence-corrected chi connectivity index (χ3v) is 3.51. The minimum Gasteiger partial charge on any atom is -0.497 e. The van der Waals surface area contributed by atoms with Crippen LogP contribution in [0.1, 0.15) is 6.92 Å². The first-order valence-electron chi connectivity index (χ1n) is 6.78. The monoisotopic (exact) mass is 357 g/mol. The minimum absolute atomic E-state index is 0. The maximum absolute atomic E-state index is 11.8. The van der Waals surface area contributed by atoms with E-state index >= 15 is 0 Å². The molecule has 8 heteroatoms. The van der Waals surface area contributed by atoms with Crippen LogP contribution in [0.3, 0.4) is 0 Å². The predicted octanol–water partition coefficient (Wildman–Crippen LogP) is 2.36. The first-order chi connectivity index (χ1) is 10.5. The van der Waals surface area contributed by atoms with Crippen LogP contribution in [0, 0.1) is 4.77 Å². The number of H-pyrrole nitrogens is 1. The lowest BCUT2D eigenvalue weighted by molar-refractivity contribution is 0.395. The van der Waals surface area contributed by atoms with Gasteiger partial charge in [0.15, 0.2) is 4.77 Å². The maximum atomic E-state index is 11.8. The molecule has 3 N–H and O–H groups in total. The number of aromatic amines is 1. The number of halogens is 1. The summed E-state index contributed by atoms with van der Waals surface area (Å²) in [6.45, 7) is 2.36. The first-order valence-corrected chi connectivity index (χ1v) is 7.19. The normalized spacial score (nSPS) is 11.5. The number of nitrogens with two attached hydrogens (primary N) is 1. The highest BCUT2D eigenvalue weighted by atomic mass is 35.5. The highest BCUT2D eigenvalue weighted by molar-refractivity contribution is 7.71. The Kier molecular flexibility index (Phi) is 6.80. The topological polar surface area (TPSA) is 82.3 Å². The fourth-order valence-corrected chi connectivity index (χ4v) is 2.50. The van der Waals surface area contributed by atoms with Crippen molar-refractivity contribution < 1.29 is 9.47 Å². The fraction of sp³-hybridized carbons (Fsp3) is 0.333. The standard InChI is InChI=1S/C15H19N3O3S.ClH/c1-9(16)8-18-12(7-14(19)17-15(18)22)11-5-4-10(20-2)6-13(11)21-3;/h4-7,9H,8,16H2,1-3H3,(H,17,19,22);1H/t9-;/m1./s1. The lowest BCUT2D eigenvalue weighted by atomic mass is 10.1. The molecular formula is C15H20ClN3O3S. The molecule has 0 aliphatic rings. The van der Waals surface area contributed by atoms with Gasteiger partial charge in [0, 0.05) is 30.3 Å². The van der Waals surface area contributed by atoms with Crippen molar-refractivity contribution in [2.24, 2.45) is 5.73 Å². The van der Waals surface area contributed by atoms with Crippen LogP contribution in [-0.4, -0.2) is 29.8 Å². The Bertz CT molecular complexity index is 786. The molecule has 6 nitrogen and oxygen atoms in total. The highest BCUT2D eigenvalue weighted by Gasteiger charge is 2.13. The second kappa shape index (κ2) is 8.14. The SMILES string of the molecule is COc1ccc(-c2cc(=O)[nH]c(=S)n2C[C@@H](C)N)c(OC)c1.Cl. The van der Waals surface area contributed by atoms with E-state index in [9.17, 15) is 4.79 Å². The molecule has 0 amide bonds. The van der Waals surface area contributed by atoms with Crippen molar-refractivity contribution in [3.63, 3.8) is 0 Å². The van der Waals surface area contributed by atoms with E-state index in [0.29, 0.717) is 28.5 Å². The number of methoxy groups -OCH3 is 2. The van der Waals surface area contributed by atoms with Gasteiger partial charge in [0.05, 0.1) is 19.9 Å². The summed E-state index contributed by atoms with van der Waals surface area (Å²) in [5.74, 6) is 1.26. The van der Waals surface area contributed by atoms with Gasteiger partial charge in [0.1, 0.15) is 11.5 Å². The quantitative estimate of drug-likeness (QED) is 0.803. The van der Waals surface area contributed by atoms with E-state index in [1.54, 1.807) is 30.9 Å². The second-order valence-electron chi connectivity index (χ2n) is 4.98. The average molecular weight is 358 g/mol. The van der Waals surface area contributed by atoms with Crippen LogP contribution in [0.5, 0.6) is 11.5 Å². The molecule has 0 saturated heterocycles. The lowest BCUT2D eigenvalue weighted by Gasteiger charge is -2.17. The number of nitrogens with zero attached hydrogens (tertiary/aromatic N) is 1. The highest BCUT2D eigenvalue weighted by Crippen LogP contribution is 2.32. The van der Waals surface area contributed by atoms with Gasteiger partial charge in [0.2, 0.25) is 0 Å². The molecule has 1 aromatic heterocycles. The van der Waals surface area contributed by atoms with Crippen molar-refractivity contribution in [3.05, 3.63) is 39.4 Å². The summed E-state index contributed by atoms with van der Waals surface area (Å²) in [5, 5.41) is 0. The Morgan fingerprint density at radius 3 is 2.57 bits per heavy atom. The van der Waals surface area contributed by atoms with Crippen LogP contribution in [-0.2, 0) is 6.54 Å². The summed E-state index contributed by atoms with van der Waals surface area (Å²) >= 11 is 5.26. The lowest BCUT2D eigenvalue weighted by Crippen LogP contribution is -2.25. The molecule has 0 radical (unpaired) electrons. The number of benzene rings is 1. The summed E-state index contributed by atoms with van der Waals surface area (Å²) in [4.78, 5) is 14.4. The molecule has 1 heterocycles. The molecule has 1 aromatic carbocycles. The summed E-state index contributed by atoms with van der Waals surface area (Å²) in [6, 6.07) is 6.77. The Morgan fingerprint density at radius 2 is 2.00 bits per heavy atom. The molecule has 0 unspecified atom stereocenters.